The second-order valence-corrected chi connectivity index (χ2v) is 6.98. The molecule has 0 N–H and O–H groups in total. The molecule has 136 valence electrons. The third kappa shape index (κ3) is 3.83. The Kier molecular flexibility index (Phi) is 5.12. The molecule has 0 unspecified atom stereocenters. The maximum Gasteiger partial charge on any atom is 0.141 e. The zero-order valence-electron chi connectivity index (χ0n) is 15.2. The molecular formula is C23H21ClN2O. The van der Waals surface area contributed by atoms with Crippen LogP contribution in [0, 0.1) is 6.92 Å². The first-order valence-corrected chi connectivity index (χ1v) is 9.50. The predicted octanol–water partition coefficient (Wildman–Crippen LogP) is 6.13. The number of hydrogen-bond donors (Lipinski definition) is 0. The van der Waals surface area contributed by atoms with Crippen molar-refractivity contribution >= 4 is 22.6 Å². The van der Waals surface area contributed by atoms with Gasteiger partial charge in [0.05, 0.1) is 17.6 Å². The minimum absolute atomic E-state index is 0.640. The van der Waals surface area contributed by atoms with Crippen molar-refractivity contribution in [2.75, 3.05) is 6.61 Å². The molecule has 0 saturated carbocycles. The molecule has 3 nitrogen and oxygen atoms in total. The molecular weight excluding hydrogens is 356 g/mol. The summed E-state index contributed by atoms with van der Waals surface area (Å²) in [6, 6.07) is 24.2. The van der Waals surface area contributed by atoms with Gasteiger partial charge in [-0.3, -0.25) is 0 Å². The Hall–Kier alpha value is -2.78. The van der Waals surface area contributed by atoms with E-state index in [1.54, 1.807) is 0 Å². The highest BCUT2D eigenvalue weighted by Gasteiger charge is 2.13. The van der Waals surface area contributed by atoms with Gasteiger partial charge in [-0.1, -0.05) is 48.0 Å². The minimum atomic E-state index is 0.640. The fraction of sp³-hybridized carbons (Fsp3) is 0.174. The van der Waals surface area contributed by atoms with Crippen LogP contribution in [0.25, 0.3) is 22.4 Å². The van der Waals surface area contributed by atoms with Crippen molar-refractivity contribution < 1.29 is 4.74 Å². The van der Waals surface area contributed by atoms with Crippen LogP contribution in [0.4, 0.5) is 0 Å². The molecule has 0 aliphatic heterocycles. The lowest BCUT2D eigenvalue weighted by atomic mass is 10.1. The number of rotatable bonds is 6. The third-order valence-corrected chi connectivity index (χ3v) is 4.90. The number of hydrogen-bond acceptors (Lipinski definition) is 2. The topological polar surface area (TPSA) is 27.1 Å². The zero-order chi connectivity index (χ0) is 18.6. The average Bonchev–Trinajstić information content (AvgIpc) is 3.05. The molecule has 27 heavy (non-hydrogen) atoms. The van der Waals surface area contributed by atoms with Crippen LogP contribution < -0.4 is 4.74 Å². The molecule has 0 fully saturated rings. The van der Waals surface area contributed by atoms with Crippen LogP contribution in [0.5, 0.6) is 5.75 Å². The maximum atomic E-state index is 5.92. The van der Waals surface area contributed by atoms with Crippen molar-refractivity contribution in [1.29, 1.82) is 0 Å². The fourth-order valence-corrected chi connectivity index (χ4v) is 3.40. The highest BCUT2D eigenvalue weighted by Crippen LogP contribution is 2.27. The van der Waals surface area contributed by atoms with E-state index in [4.69, 9.17) is 21.3 Å². The number of aromatic nitrogens is 2. The molecule has 0 aliphatic rings. The van der Waals surface area contributed by atoms with Gasteiger partial charge in [-0.2, -0.15) is 0 Å². The Labute approximate surface area is 164 Å². The van der Waals surface area contributed by atoms with Gasteiger partial charge in [0.25, 0.3) is 0 Å². The molecule has 4 rings (SSSR count). The molecule has 4 aromatic rings. The molecule has 0 saturated heterocycles. The second-order valence-electron chi connectivity index (χ2n) is 6.55. The van der Waals surface area contributed by atoms with Gasteiger partial charge in [-0.15, -0.1) is 0 Å². The van der Waals surface area contributed by atoms with Crippen LogP contribution in [0.1, 0.15) is 12.0 Å². The Morgan fingerprint density at radius 3 is 2.48 bits per heavy atom. The Bertz CT molecular complexity index is 1050. The van der Waals surface area contributed by atoms with E-state index < -0.39 is 0 Å². The summed E-state index contributed by atoms with van der Waals surface area (Å²) in [6.07, 6.45) is 0.891. The highest BCUT2D eigenvalue weighted by atomic mass is 35.5. The van der Waals surface area contributed by atoms with Gasteiger partial charge in [0, 0.05) is 17.1 Å². The largest absolute Gasteiger partial charge is 0.494 e. The number of nitrogens with zero attached hydrogens (tertiary/aromatic N) is 2. The van der Waals surface area contributed by atoms with E-state index in [0.717, 1.165) is 40.6 Å². The quantitative estimate of drug-likeness (QED) is 0.378. The predicted molar refractivity (Wildman–Crippen MR) is 111 cm³/mol. The molecule has 0 spiro atoms. The monoisotopic (exact) mass is 376 g/mol. The Balaban J connectivity index is 1.56. The first kappa shape index (κ1) is 17.6. The van der Waals surface area contributed by atoms with Gasteiger partial charge in [-0.25, -0.2) is 4.98 Å². The van der Waals surface area contributed by atoms with Gasteiger partial charge in [0.15, 0.2) is 0 Å². The molecule has 0 atom stereocenters. The molecule has 4 heteroatoms. The summed E-state index contributed by atoms with van der Waals surface area (Å²) in [4.78, 5) is 4.90. The Morgan fingerprint density at radius 1 is 0.926 bits per heavy atom. The summed E-state index contributed by atoms with van der Waals surface area (Å²) in [5.74, 6) is 1.86. The van der Waals surface area contributed by atoms with Crippen LogP contribution in [0.15, 0.2) is 72.8 Å². The van der Waals surface area contributed by atoms with E-state index in [1.807, 2.05) is 30.3 Å². The second kappa shape index (κ2) is 7.85. The number of halogens is 1. The summed E-state index contributed by atoms with van der Waals surface area (Å²) in [5, 5.41) is 0.718. The summed E-state index contributed by atoms with van der Waals surface area (Å²) in [6.45, 7) is 3.61. The summed E-state index contributed by atoms with van der Waals surface area (Å²) in [7, 11) is 0. The lowest BCUT2D eigenvalue weighted by molar-refractivity contribution is 0.303. The summed E-state index contributed by atoms with van der Waals surface area (Å²) >= 11 is 5.92. The van der Waals surface area contributed by atoms with Crippen LogP contribution >= 0.6 is 11.6 Å². The lowest BCUT2D eigenvalue weighted by Crippen LogP contribution is -2.06. The first-order chi connectivity index (χ1) is 13.2. The van der Waals surface area contributed by atoms with Crippen molar-refractivity contribution in [1.82, 2.24) is 9.55 Å². The Morgan fingerprint density at radius 2 is 1.67 bits per heavy atom. The maximum absolute atomic E-state index is 5.92. The smallest absolute Gasteiger partial charge is 0.141 e. The third-order valence-electron chi connectivity index (χ3n) is 4.65. The molecule has 1 heterocycles. The molecule has 3 aromatic carbocycles. The van der Waals surface area contributed by atoms with Gasteiger partial charge < -0.3 is 9.30 Å². The van der Waals surface area contributed by atoms with E-state index in [2.05, 4.69) is 54.0 Å². The van der Waals surface area contributed by atoms with Crippen molar-refractivity contribution in [2.45, 2.75) is 19.9 Å². The van der Waals surface area contributed by atoms with Crippen LogP contribution in [0.3, 0.4) is 0 Å². The van der Waals surface area contributed by atoms with Crippen molar-refractivity contribution in [3.8, 4) is 17.1 Å². The molecule has 0 radical (unpaired) electrons. The minimum Gasteiger partial charge on any atom is -0.494 e. The lowest BCUT2D eigenvalue weighted by Gasteiger charge is -2.12. The SMILES string of the molecule is Cc1ccccc1-c1nc2ccccc2n1CCCOc1ccc(Cl)cc1. The van der Waals surface area contributed by atoms with Crippen molar-refractivity contribution in [3.63, 3.8) is 0 Å². The number of fused-ring (bicyclic) bond motifs is 1. The van der Waals surface area contributed by atoms with E-state index in [9.17, 15) is 0 Å². The van der Waals surface area contributed by atoms with E-state index in [0.29, 0.717) is 6.61 Å². The zero-order valence-corrected chi connectivity index (χ0v) is 16.0. The molecule has 1 aromatic heterocycles. The highest BCUT2D eigenvalue weighted by molar-refractivity contribution is 6.30. The molecule has 0 aliphatic carbocycles. The molecule has 0 bridgehead atoms. The van der Waals surface area contributed by atoms with Crippen LogP contribution in [-0.4, -0.2) is 16.2 Å². The first-order valence-electron chi connectivity index (χ1n) is 9.12. The van der Waals surface area contributed by atoms with Crippen molar-refractivity contribution in [3.05, 3.63) is 83.4 Å². The van der Waals surface area contributed by atoms with Gasteiger partial charge in [0.2, 0.25) is 0 Å². The van der Waals surface area contributed by atoms with Gasteiger partial charge in [-0.05, 0) is 55.3 Å². The fourth-order valence-electron chi connectivity index (χ4n) is 3.27. The number of imidazole rings is 1. The van der Waals surface area contributed by atoms with Gasteiger partial charge >= 0.3 is 0 Å². The average molecular weight is 377 g/mol. The van der Waals surface area contributed by atoms with Gasteiger partial charge in [0.1, 0.15) is 11.6 Å². The molecule has 0 amide bonds. The number of benzene rings is 3. The number of ether oxygens (including phenoxy) is 1. The number of para-hydroxylation sites is 2. The summed E-state index contributed by atoms with van der Waals surface area (Å²) in [5.41, 5.74) is 4.58. The standard InChI is InChI=1S/C23H21ClN2O/c1-17-7-2-3-8-20(17)23-25-21-9-4-5-10-22(21)26(23)15-6-16-27-19-13-11-18(24)12-14-19/h2-5,7-14H,6,15-16H2,1H3. The van der Waals surface area contributed by atoms with E-state index in [1.165, 1.54) is 11.1 Å². The summed E-state index contributed by atoms with van der Waals surface area (Å²) < 4.78 is 8.14. The number of aryl methyl sites for hydroxylation is 2. The van der Waals surface area contributed by atoms with Crippen LogP contribution in [0.2, 0.25) is 5.02 Å². The van der Waals surface area contributed by atoms with Crippen LogP contribution in [-0.2, 0) is 6.54 Å². The van der Waals surface area contributed by atoms with E-state index in [-0.39, 0.29) is 0 Å². The normalized spacial score (nSPS) is 11.0. The van der Waals surface area contributed by atoms with Crippen molar-refractivity contribution in [2.24, 2.45) is 0 Å². The van der Waals surface area contributed by atoms with E-state index >= 15 is 0 Å².